The standard InChI is InChI=1S/C15H17ClFNO2/c16-13-7-12(8-14(17)9-13)10-18-4-2-5-19-11-15-3-1-6-20-15/h1,3,6-9,18H,2,4-5,10-11H2. The second-order valence-corrected chi connectivity index (χ2v) is 4.88. The van der Waals surface area contributed by atoms with E-state index in [4.69, 9.17) is 20.8 Å². The van der Waals surface area contributed by atoms with Crippen LogP contribution >= 0.6 is 11.6 Å². The van der Waals surface area contributed by atoms with E-state index in [2.05, 4.69) is 5.32 Å². The van der Waals surface area contributed by atoms with E-state index in [1.54, 1.807) is 12.3 Å². The van der Waals surface area contributed by atoms with Crippen LogP contribution in [0.4, 0.5) is 4.39 Å². The fourth-order valence-corrected chi connectivity index (χ4v) is 2.06. The maximum Gasteiger partial charge on any atom is 0.129 e. The second-order valence-electron chi connectivity index (χ2n) is 4.44. The smallest absolute Gasteiger partial charge is 0.129 e. The summed E-state index contributed by atoms with van der Waals surface area (Å²) in [6.07, 6.45) is 2.51. The summed E-state index contributed by atoms with van der Waals surface area (Å²) in [5.74, 6) is 0.517. The molecule has 0 fully saturated rings. The van der Waals surface area contributed by atoms with Gasteiger partial charge in [0.25, 0.3) is 0 Å². The van der Waals surface area contributed by atoms with Gasteiger partial charge in [-0.1, -0.05) is 11.6 Å². The Labute approximate surface area is 122 Å². The first-order valence-corrected chi connectivity index (χ1v) is 6.87. The van der Waals surface area contributed by atoms with Crippen LogP contribution in [0.25, 0.3) is 0 Å². The Hall–Kier alpha value is -1.36. The minimum atomic E-state index is -0.309. The molecule has 0 saturated carbocycles. The zero-order valence-electron chi connectivity index (χ0n) is 11.1. The largest absolute Gasteiger partial charge is 0.467 e. The highest BCUT2D eigenvalue weighted by molar-refractivity contribution is 6.30. The van der Waals surface area contributed by atoms with E-state index in [0.717, 1.165) is 24.3 Å². The van der Waals surface area contributed by atoms with Gasteiger partial charge in [0.15, 0.2) is 0 Å². The van der Waals surface area contributed by atoms with Crippen molar-refractivity contribution in [1.82, 2.24) is 5.32 Å². The van der Waals surface area contributed by atoms with Gasteiger partial charge >= 0.3 is 0 Å². The van der Waals surface area contributed by atoms with Crippen LogP contribution in [0.3, 0.4) is 0 Å². The van der Waals surface area contributed by atoms with E-state index >= 15 is 0 Å². The number of rotatable bonds is 8. The van der Waals surface area contributed by atoms with E-state index in [-0.39, 0.29) is 5.82 Å². The Balaban J connectivity index is 1.55. The van der Waals surface area contributed by atoms with Gasteiger partial charge < -0.3 is 14.5 Å². The maximum absolute atomic E-state index is 13.1. The van der Waals surface area contributed by atoms with Gasteiger partial charge in [0.05, 0.1) is 6.26 Å². The molecule has 1 aromatic carbocycles. The lowest BCUT2D eigenvalue weighted by Gasteiger charge is -2.06. The summed E-state index contributed by atoms with van der Waals surface area (Å²) in [4.78, 5) is 0. The molecule has 3 nitrogen and oxygen atoms in total. The summed E-state index contributed by atoms with van der Waals surface area (Å²) in [5.41, 5.74) is 0.839. The first-order valence-electron chi connectivity index (χ1n) is 6.50. The second kappa shape index (κ2) is 8.04. The summed E-state index contributed by atoms with van der Waals surface area (Å²) >= 11 is 5.78. The van der Waals surface area contributed by atoms with Crippen LogP contribution in [0.1, 0.15) is 17.7 Å². The molecule has 2 aromatic rings. The van der Waals surface area contributed by atoms with Crippen molar-refractivity contribution in [3.8, 4) is 0 Å². The Kier molecular flexibility index (Phi) is 6.05. The fourth-order valence-electron chi connectivity index (χ4n) is 1.81. The average molecular weight is 298 g/mol. The number of ether oxygens (including phenoxy) is 1. The molecule has 1 N–H and O–H groups in total. The average Bonchev–Trinajstić information content (AvgIpc) is 2.89. The summed E-state index contributed by atoms with van der Waals surface area (Å²) in [6.45, 7) is 2.53. The van der Waals surface area contributed by atoms with Crippen molar-refractivity contribution >= 4 is 11.6 Å². The van der Waals surface area contributed by atoms with Crippen LogP contribution in [0.2, 0.25) is 5.02 Å². The van der Waals surface area contributed by atoms with Crippen LogP contribution in [-0.4, -0.2) is 13.2 Å². The van der Waals surface area contributed by atoms with Crippen molar-refractivity contribution < 1.29 is 13.5 Å². The third-order valence-electron chi connectivity index (χ3n) is 2.72. The van der Waals surface area contributed by atoms with E-state index in [9.17, 15) is 4.39 Å². The molecule has 0 radical (unpaired) electrons. The maximum atomic E-state index is 13.1. The minimum absolute atomic E-state index is 0.309. The van der Waals surface area contributed by atoms with Gasteiger partial charge in [-0.15, -0.1) is 0 Å². The van der Waals surface area contributed by atoms with Crippen molar-refractivity contribution in [2.24, 2.45) is 0 Å². The lowest BCUT2D eigenvalue weighted by Crippen LogP contribution is -2.16. The zero-order valence-corrected chi connectivity index (χ0v) is 11.8. The number of furan rings is 1. The van der Waals surface area contributed by atoms with E-state index in [0.29, 0.717) is 24.8 Å². The van der Waals surface area contributed by atoms with E-state index < -0.39 is 0 Å². The van der Waals surface area contributed by atoms with Gasteiger partial charge in [-0.05, 0) is 48.9 Å². The highest BCUT2D eigenvalue weighted by Gasteiger charge is 1.99. The molecule has 0 amide bonds. The van der Waals surface area contributed by atoms with Crippen molar-refractivity contribution in [3.05, 3.63) is 58.8 Å². The Morgan fingerprint density at radius 3 is 2.95 bits per heavy atom. The first kappa shape index (κ1) is 15.0. The van der Waals surface area contributed by atoms with Gasteiger partial charge in [-0.25, -0.2) is 4.39 Å². The molecule has 20 heavy (non-hydrogen) atoms. The third-order valence-corrected chi connectivity index (χ3v) is 2.94. The van der Waals surface area contributed by atoms with Gasteiger partial charge in [0.1, 0.15) is 18.2 Å². The summed E-state index contributed by atoms with van der Waals surface area (Å²) in [5, 5.41) is 3.64. The Morgan fingerprint density at radius 2 is 2.20 bits per heavy atom. The van der Waals surface area contributed by atoms with Crippen molar-refractivity contribution in [3.63, 3.8) is 0 Å². The van der Waals surface area contributed by atoms with Gasteiger partial charge in [0.2, 0.25) is 0 Å². The lowest BCUT2D eigenvalue weighted by molar-refractivity contribution is 0.104. The molecule has 0 spiro atoms. The molecule has 108 valence electrons. The number of nitrogens with one attached hydrogen (secondary N) is 1. The topological polar surface area (TPSA) is 34.4 Å². The predicted octanol–water partition coefficient (Wildman–Crippen LogP) is 3.77. The normalized spacial score (nSPS) is 10.9. The van der Waals surface area contributed by atoms with Gasteiger partial charge in [-0.2, -0.15) is 0 Å². The highest BCUT2D eigenvalue weighted by atomic mass is 35.5. The molecule has 0 atom stereocenters. The van der Waals surface area contributed by atoms with Crippen molar-refractivity contribution in [2.45, 2.75) is 19.6 Å². The molecule has 0 bridgehead atoms. The predicted molar refractivity (Wildman–Crippen MR) is 76.1 cm³/mol. The molecule has 0 saturated heterocycles. The molecule has 0 unspecified atom stereocenters. The van der Waals surface area contributed by atoms with Crippen molar-refractivity contribution in [2.75, 3.05) is 13.2 Å². The lowest BCUT2D eigenvalue weighted by atomic mass is 10.2. The van der Waals surface area contributed by atoms with Crippen LogP contribution in [0.15, 0.2) is 41.0 Å². The fraction of sp³-hybridized carbons (Fsp3) is 0.333. The molecule has 0 aliphatic heterocycles. The van der Waals surface area contributed by atoms with E-state index in [1.807, 2.05) is 12.1 Å². The monoisotopic (exact) mass is 297 g/mol. The zero-order chi connectivity index (χ0) is 14.2. The van der Waals surface area contributed by atoms with Gasteiger partial charge in [0, 0.05) is 18.2 Å². The van der Waals surface area contributed by atoms with Crippen molar-refractivity contribution in [1.29, 1.82) is 0 Å². The molecular formula is C15H17ClFNO2. The van der Waals surface area contributed by atoms with Crippen LogP contribution in [0, 0.1) is 5.82 Å². The number of hydrogen-bond acceptors (Lipinski definition) is 3. The van der Waals surface area contributed by atoms with E-state index in [1.165, 1.54) is 12.1 Å². The molecule has 0 aliphatic carbocycles. The Bertz CT molecular complexity index is 496. The quantitative estimate of drug-likeness (QED) is 0.753. The number of hydrogen-bond donors (Lipinski definition) is 1. The Morgan fingerprint density at radius 1 is 1.30 bits per heavy atom. The highest BCUT2D eigenvalue weighted by Crippen LogP contribution is 2.13. The van der Waals surface area contributed by atoms with Gasteiger partial charge in [-0.3, -0.25) is 0 Å². The molecule has 0 aliphatic rings. The number of benzene rings is 1. The SMILES string of the molecule is Fc1cc(Cl)cc(CNCCCOCc2ccco2)c1. The third kappa shape index (κ3) is 5.33. The van der Waals surface area contributed by atoms with Crippen LogP contribution < -0.4 is 5.32 Å². The molecular weight excluding hydrogens is 281 g/mol. The summed E-state index contributed by atoms with van der Waals surface area (Å²) in [7, 11) is 0. The minimum Gasteiger partial charge on any atom is -0.467 e. The molecule has 2 rings (SSSR count). The van der Waals surface area contributed by atoms with Crippen LogP contribution in [-0.2, 0) is 17.9 Å². The summed E-state index contributed by atoms with van der Waals surface area (Å²) < 4.78 is 23.7. The first-order chi connectivity index (χ1) is 9.74. The molecule has 5 heteroatoms. The van der Waals surface area contributed by atoms with Crippen LogP contribution in [0.5, 0.6) is 0 Å². The number of halogens is 2. The molecule has 1 aromatic heterocycles. The summed E-state index contributed by atoms with van der Waals surface area (Å²) in [6, 6.07) is 8.25. The molecule has 1 heterocycles.